The molecule has 0 saturated carbocycles. The van der Waals surface area contributed by atoms with Gasteiger partial charge in [0.25, 0.3) is 0 Å². The van der Waals surface area contributed by atoms with Gasteiger partial charge in [-0.25, -0.2) is 0 Å². The molecule has 2 atom stereocenters. The molecule has 0 fully saturated rings. The second kappa shape index (κ2) is 8.28. The average molecular weight is 249 g/mol. The lowest BCUT2D eigenvalue weighted by atomic mass is 10.0. The Hall–Kier alpha value is -0.860. The van der Waals surface area contributed by atoms with Gasteiger partial charge in [0.05, 0.1) is 0 Å². The molecule has 0 heterocycles. The lowest BCUT2D eigenvalue weighted by Crippen LogP contribution is -2.37. The standard InChI is InChI=1S/C16H27NO/c1-4-16(10-11-18)17-14(3)8-9-15-7-5-6-13(2)12-15/h5-7,12,14,16-18H,4,8-11H2,1-3H3. The predicted octanol–water partition coefficient (Wildman–Crippen LogP) is 3.07. The Morgan fingerprint density at radius 3 is 2.67 bits per heavy atom. The van der Waals surface area contributed by atoms with Crippen molar-refractivity contribution in [1.29, 1.82) is 0 Å². The third kappa shape index (κ3) is 5.65. The largest absolute Gasteiger partial charge is 0.396 e. The highest BCUT2D eigenvalue weighted by molar-refractivity contribution is 5.22. The van der Waals surface area contributed by atoms with E-state index in [-0.39, 0.29) is 6.61 Å². The summed E-state index contributed by atoms with van der Waals surface area (Å²) in [5, 5.41) is 12.6. The number of nitrogens with one attached hydrogen (secondary N) is 1. The highest BCUT2D eigenvalue weighted by Gasteiger charge is 2.09. The fourth-order valence-corrected chi connectivity index (χ4v) is 2.30. The lowest BCUT2D eigenvalue weighted by Gasteiger charge is -2.21. The summed E-state index contributed by atoms with van der Waals surface area (Å²) in [5.74, 6) is 0. The first-order valence-electron chi connectivity index (χ1n) is 7.08. The smallest absolute Gasteiger partial charge is 0.0445 e. The van der Waals surface area contributed by atoms with Gasteiger partial charge in [0.1, 0.15) is 0 Å². The van der Waals surface area contributed by atoms with E-state index in [0.29, 0.717) is 12.1 Å². The molecule has 0 bridgehead atoms. The Bertz CT molecular complexity index is 338. The van der Waals surface area contributed by atoms with Crippen LogP contribution < -0.4 is 5.32 Å². The summed E-state index contributed by atoms with van der Waals surface area (Å²) in [6.07, 6.45) is 4.19. The van der Waals surface area contributed by atoms with E-state index in [4.69, 9.17) is 5.11 Å². The van der Waals surface area contributed by atoms with E-state index in [2.05, 4.69) is 50.4 Å². The van der Waals surface area contributed by atoms with Crippen LogP contribution in [0.3, 0.4) is 0 Å². The van der Waals surface area contributed by atoms with Gasteiger partial charge < -0.3 is 10.4 Å². The third-order valence-corrected chi connectivity index (χ3v) is 3.44. The SMILES string of the molecule is CCC(CCO)NC(C)CCc1cccc(C)c1. The molecule has 2 heteroatoms. The van der Waals surface area contributed by atoms with Crippen molar-refractivity contribution >= 4 is 0 Å². The first kappa shape index (κ1) is 15.2. The van der Waals surface area contributed by atoms with Crippen LogP contribution in [0.15, 0.2) is 24.3 Å². The minimum Gasteiger partial charge on any atom is -0.396 e. The molecule has 0 aromatic heterocycles. The topological polar surface area (TPSA) is 32.3 Å². The molecule has 102 valence electrons. The molecule has 1 aromatic carbocycles. The van der Waals surface area contributed by atoms with Gasteiger partial charge in [0, 0.05) is 18.7 Å². The Morgan fingerprint density at radius 1 is 1.28 bits per heavy atom. The van der Waals surface area contributed by atoms with Crippen LogP contribution in [0.2, 0.25) is 0 Å². The van der Waals surface area contributed by atoms with Gasteiger partial charge in [-0.1, -0.05) is 36.8 Å². The van der Waals surface area contributed by atoms with E-state index < -0.39 is 0 Å². The highest BCUT2D eigenvalue weighted by Crippen LogP contribution is 2.09. The molecule has 2 unspecified atom stereocenters. The fraction of sp³-hybridized carbons (Fsp3) is 0.625. The van der Waals surface area contributed by atoms with E-state index in [1.165, 1.54) is 11.1 Å². The van der Waals surface area contributed by atoms with Crippen LogP contribution in [-0.2, 0) is 6.42 Å². The normalized spacial score (nSPS) is 14.4. The van der Waals surface area contributed by atoms with Crippen LogP contribution in [0.5, 0.6) is 0 Å². The van der Waals surface area contributed by atoms with Crippen molar-refractivity contribution in [3.63, 3.8) is 0 Å². The fourth-order valence-electron chi connectivity index (χ4n) is 2.30. The monoisotopic (exact) mass is 249 g/mol. The molecule has 0 aliphatic carbocycles. The number of aliphatic hydroxyl groups excluding tert-OH is 1. The highest BCUT2D eigenvalue weighted by atomic mass is 16.3. The number of hydrogen-bond acceptors (Lipinski definition) is 2. The summed E-state index contributed by atoms with van der Waals surface area (Å²) >= 11 is 0. The van der Waals surface area contributed by atoms with Crippen molar-refractivity contribution in [3.05, 3.63) is 35.4 Å². The minimum absolute atomic E-state index is 0.274. The van der Waals surface area contributed by atoms with Crippen LogP contribution >= 0.6 is 0 Å². The zero-order valence-corrected chi connectivity index (χ0v) is 11.9. The number of benzene rings is 1. The van der Waals surface area contributed by atoms with Gasteiger partial charge >= 0.3 is 0 Å². The van der Waals surface area contributed by atoms with Gasteiger partial charge in [-0.2, -0.15) is 0 Å². The summed E-state index contributed by atoms with van der Waals surface area (Å²) in [4.78, 5) is 0. The molecular formula is C16H27NO. The first-order valence-corrected chi connectivity index (χ1v) is 7.08. The van der Waals surface area contributed by atoms with Crippen molar-refractivity contribution in [1.82, 2.24) is 5.32 Å². The molecule has 1 aromatic rings. The second-order valence-corrected chi connectivity index (χ2v) is 5.21. The van der Waals surface area contributed by atoms with Gasteiger partial charge in [-0.15, -0.1) is 0 Å². The maximum atomic E-state index is 8.98. The van der Waals surface area contributed by atoms with E-state index in [1.54, 1.807) is 0 Å². The number of aliphatic hydroxyl groups is 1. The predicted molar refractivity (Wildman–Crippen MR) is 77.9 cm³/mol. The molecule has 0 saturated heterocycles. The van der Waals surface area contributed by atoms with Gasteiger partial charge in [-0.05, 0) is 45.1 Å². The van der Waals surface area contributed by atoms with Crippen LogP contribution in [0.25, 0.3) is 0 Å². The minimum atomic E-state index is 0.274. The van der Waals surface area contributed by atoms with Crippen LogP contribution in [0.4, 0.5) is 0 Å². The number of hydrogen-bond donors (Lipinski definition) is 2. The van der Waals surface area contributed by atoms with Gasteiger partial charge in [0.15, 0.2) is 0 Å². The van der Waals surface area contributed by atoms with Crippen molar-refractivity contribution in [2.75, 3.05) is 6.61 Å². The molecular weight excluding hydrogens is 222 g/mol. The molecule has 2 nitrogen and oxygen atoms in total. The molecule has 0 aliphatic rings. The lowest BCUT2D eigenvalue weighted by molar-refractivity contribution is 0.255. The quantitative estimate of drug-likeness (QED) is 0.742. The Labute approximate surface area is 111 Å². The van der Waals surface area contributed by atoms with Crippen LogP contribution in [0.1, 0.15) is 44.2 Å². The molecule has 0 aliphatic heterocycles. The molecule has 0 radical (unpaired) electrons. The summed E-state index contributed by atoms with van der Waals surface area (Å²) < 4.78 is 0. The molecule has 1 rings (SSSR count). The van der Waals surface area contributed by atoms with E-state index >= 15 is 0 Å². The van der Waals surface area contributed by atoms with Gasteiger partial charge in [0.2, 0.25) is 0 Å². The van der Waals surface area contributed by atoms with Crippen LogP contribution in [-0.4, -0.2) is 23.8 Å². The van der Waals surface area contributed by atoms with E-state index in [0.717, 1.165) is 25.7 Å². The number of rotatable bonds is 8. The molecule has 0 spiro atoms. The number of aryl methyl sites for hydroxylation is 2. The van der Waals surface area contributed by atoms with E-state index in [1.807, 2.05) is 0 Å². The van der Waals surface area contributed by atoms with Gasteiger partial charge in [-0.3, -0.25) is 0 Å². The molecule has 0 amide bonds. The Balaban J connectivity index is 2.34. The first-order chi connectivity index (χ1) is 8.65. The summed E-state index contributed by atoms with van der Waals surface area (Å²) in [5.41, 5.74) is 2.75. The second-order valence-electron chi connectivity index (χ2n) is 5.21. The zero-order chi connectivity index (χ0) is 13.4. The van der Waals surface area contributed by atoms with Crippen molar-refractivity contribution in [2.45, 2.75) is 58.5 Å². The Morgan fingerprint density at radius 2 is 2.06 bits per heavy atom. The molecule has 18 heavy (non-hydrogen) atoms. The summed E-state index contributed by atoms with van der Waals surface area (Å²) in [6.45, 7) is 6.81. The molecule has 2 N–H and O–H groups in total. The van der Waals surface area contributed by atoms with Crippen molar-refractivity contribution in [2.24, 2.45) is 0 Å². The average Bonchev–Trinajstić information content (AvgIpc) is 2.36. The summed E-state index contributed by atoms with van der Waals surface area (Å²) in [6, 6.07) is 9.68. The van der Waals surface area contributed by atoms with Crippen molar-refractivity contribution < 1.29 is 5.11 Å². The third-order valence-electron chi connectivity index (χ3n) is 3.44. The maximum Gasteiger partial charge on any atom is 0.0445 e. The zero-order valence-electron chi connectivity index (χ0n) is 11.9. The van der Waals surface area contributed by atoms with Crippen LogP contribution in [0, 0.1) is 6.92 Å². The Kier molecular flexibility index (Phi) is 6.99. The summed E-state index contributed by atoms with van der Waals surface area (Å²) in [7, 11) is 0. The van der Waals surface area contributed by atoms with E-state index in [9.17, 15) is 0 Å². The maximum absolute atomic E-state index is 8.98. The van der Waals surface area contributed by atoms with Crippen molar-refractivity contribution in [3.8, 4) is 0 Å².